The highest BCUT2D eigenvalue weighted by Gasteiger charge is 2.34. The van der Waals surface area contributed by atoms with Crippen molar-refractivity contribution in [3.63, 3.8) is 0 Å². The first-order valence-electron chi connectivity index (χ1n) is 14.5. The predicted molar refractivity (Wildman–Crippen MR) is 137 cm³/mol. The zero-order valence-electron chi connectivity index (χ0n) is 21.9. The fraction of sp³-hybridized carbons (Fsp3) is 0.742. The van der Waals surface area contributed by atoms with E-state index in [1.165, 1.54) is 68.9 Å². The molecule has 0 aromatic heterocycles. The van der Waals surface area contributed by atoms with Crippen LogP contribution >= 0.6 is 0 Å². The van der Waals surface area contributed by atoms with E-state index in [1.54, 1.807) is 0 Å². The lowest BCUT2D eigenvalue weighted by Crippen LogP contribution is -2.26. The molecule has 2 saturated carbocycles. The van der Waals surface area contributed by atoms with Crippen molar-refractivity contribution in [3.8, 4) is 0 Å². The standard InChI is InChI=1S/C31H44F4O/c1-2-3-4-5-22-6-19-30(36-21-22)28-17-13-26(14-18-28)24-9-7-23(8-10-24)25-11-15-27(16-12-25)29(32)20-31(33,34)35/h13-14,17-18,20,22-25,27,30H,2-12,15-16,19,21H2,1H3/b29-20-. The molecule has 1 aliphatic heterocycles. The number of allylic oxidation sites excluding steroid dienone is 2. The molecule has 0 bridgehead atoms. The fourth-order valence-corrected chi connectivity index (χ4v) is 7.03. The lowest BCUT2D eigenvalue weighted by molar-refractivity contribution is -0.0821. The maximum absolute atomic E-state index is 13.9. The van der Waals surface area contributed by atoms with Crippen molar-refractivity contribution < 1.29 is 22.3 Å². The summed E-state index contributed by atoms with van der Waals surface area (Å²) >= 11 is 0. The van der Waals surface area contributed by atoms with E-state index in [9.17, 15) is 17.6 Å². The SMILES string of the molecule is CCCCCC1CCC(c2ccc(C3CCC(C4CCC(/C(F)=C/C(F)(F)F)CC4)CC3)cc2)OC1. The molecule has 36 heavy (non-hydrogen) atoms. The van der Waals surface area contributed by atoms with Gasteiger partial charge in [-0.2, -0.15) is 13.2 Å². The van der Waals surface area contributed by atoms with Crippen LogP contribution in [0.2, 0.25) is 0 Å². The number of halogens is 4. The molecule has 2 atom stereocenters. The van der Waals surface area contributed by atoms with Gasteiger partial charge in [0.1, 0.15) is 5.83 Å². The largest absolute Gasteiger partial charge is 0.412 e. The first-order valence-corrected chi connectivity index (χ1v) is 14.5. The van der Waals surface area contributed by atoms with Gasteiger partial charge in [-0.15, -0.1) is 0 Å². The van der Waals surface area contributed by atoms with Gasteiger partial charge in [0.2, 0.25) is 0 Å². The number of hydrogen-bond donors (Lipinski definition) is 0. The average Bonchev–Trinajstić information content (AvgIpc) is 2.89. The van der Waals surface area contributed by atoms with Crippen LogP contribution in [0.1, 0.15) is 120 Å². The predicted octanol–water partition coefficient (Wildman–Crippen LogP) is 10.2. The first kappa shape index (κ1) is 27.7. The molecule has 2 unspecified atom stereocenters. The molecule has 5 heteroatoms. The van der Waals surface area contributed by atoms with Gasteiger partial charge in [-0.25, -0.2) is 4.39 Å². The monoisotopic (exact) mass is 508 g/mol. The minimum atomic E-state index is -4.56. The van der Waals surface area contributed by atoms with Gasteiger partial charge in [-0.05, 0) is 105 Å². The van der Waals surface area contributed by atoms with Crippen LogP contribution in [0.25, 0.3) is 0 Å². The van der Waals surface area contributed by atoms with Gasteiger partial charge in [0.15, 0.2) is 0 Å². The second kappa shape index (κ2) is 12.9. The van der Waals surface area contributed by atoms with Gasteiger partial charge in [0, 0.05) is 5.92 Å². The average molecular weight is 509 g/mol. The molecule has 1 saturated heterocycles. The Kier molecular flexibility index (Phi) is 9.94. The minimum absolute atomic E-state index is 0.139. The number of alkyl halides is 3. The van der Waals surface area contributed by atoms with Crippen LogP contribution in [-0.2, 0) is 4.74 Å². The molecule has 1 aromatic carbocycles. The van der Waals surface area contributed by atoms with Crippen molar-refractivity contribution in [2.45, 2.75) is 115 Å². The van der Waals surface area contributed by atoms with Crippen LogP contribution in [0.4, 0.5) is 17.6 Å². The van der Waals surface area contributed by atoms with Gasteiger partial charge in [0.05, 0.1) is 18.8 Å². The second-order valence-electron chi connectivity index (χ2n) is 11.7. The van der Waals surface area contributed by atoms with Gasteiger partial charge < -0.3 is 4.74 Å². The molecule has 3 aliphatic rings. The van der Waals surface area contributed by atoms with Gasteiger partial charge in [0.25, 0.3) is 0 Å². The molecule has 0 spiro atoms. The van der Waals surface area contributed by atoms with Crippen LogP contribution in [0.15, 0.2) is 36.2 Å². The topological polar surface area (TPSA) is 9.23 Å². The van der Waals surface area contributed by atoms with Crippen molar-refractivity contribution in [3.05, 3.63) is 47.3 Å². The summed E-state index contributed by atoms with van der Waals surface area (Å²) in [4.78, 5) is 0. The quantitative estimate of drug-likeness (QED) is 0.251. The Balaban J connectivity index is 1.19. The molecule has 202 valence electrons. The van der Waals surface area contributed by atoms with Gasteiger partial charge in [-0.3, -0.25) is 0 Å². The van der Waals surface area contributed by atoms with Crippen LogP contribution < -0.4 is 0 Å². The van der Waals surface area contributed by atoms with Crippen LogP contribution in [0.3, 0.4) is 0 Å². The Morgan fingerprint density at radius 2 is 1.44 bits per heavy atom. The first-order chi connectivity index (χ1) is 17.3. The Morgan fingerprint density at radius 3 is 2.00 bits per heavy atom. The summed E-state index contributed by atoms with van der Waals surface area (Å²) in [6, 6.07) is 9.15. The fourth-order valence-electron chi connectivity index (χ4n) is 7.03. The normalized spacial score (nSPS) is 32.4. The van der Waals surface area contributed by atoms with Gasteiger partial charge in [-0.1, -0.05) is 50.5 Å². The highest BCUT2D eigenvalue weighted by Crippen LogP contribution is 2.45. The highest BCUT2D eigenvalue weighted by atomic mass is 19.4. The molecule has 0 radical (unpaired) electrons. The van der Waals surface area contributed by atoms with Gasteiger partial charge >= 0.3 is 6.18 Å². The number of unbranched alkanes of at least 4 members (excludes halogenated alkanes) is 2. The smallest absolute Gasteiger partial charge is 0.373 e. The summed E-state index contributed by atoms with van der Waals surface area (Å²) in [6.45, 7) is 3.15. The molecule has 0 amide bonds. The molecular formula is C31H44F4O. The molecule has 0 N–H and O–H groups in total. The van der Waals surface area contributed by atoms with Crippen LogP contribution in [0.5, 0.6) is 0 Å². The summed E-state index contributed by atoms with van der Waals surface area (Å²) in [5.74, 6) is 0.979. The summed E-state index contributed by atoms with van der Waals surface area (Å²) < 4.78 is 57.6. The number of hydrogen-bond acceptors (Lipinski definition) is 1. The number of rotatable bonds is 8. The molecule has 4 rings (SSSR count). The summed E-state index contributed by atoms with van der Waals surface area (Å²) in [5, 5.41) is 0. The summed E-state index contributed by atoms with van der Waals surface area (Å²) in [5.41, 5.74) is 2.73. The van der Waals surface area contributed by atoms with E-state index in [0.29, 0.717) is 30.6 Å². The Hall–Kier alpha value is -1.36. The van der Waals surface area contributed by atoms with E-state index >= 15 is 0 Å². The molecule has 1 nitrogen and oxygen atoms in total. The third-order valence-electron chi connectivity index (χ3n) is 9.27. The number of ether oxygens (including phenoxy) is 1. The molecule has 1 aromatic rings. The van der Waals surface area contributed by atoms with Crippen molar-refractivity contribution in [1.29, 1.82) is 0 Å². The Morgan fingerprint density at radius 1 is 0.833 bits per heavy atom. The van der Waals surface area contributed by atoms with Crippen molar-refractivity contribution in [2.24, 2.45) is 23.7 Å². The summed E-state index contributed by atoms with van der Waals surface area (Å²) in [6.07, 6.45) is 10.7. The van der Waals surface area contributed by atoms with Crippen LogP contribution in [0, 0.1) is 23.7 Å². The minimum Gasteiger partial charge on any atom is -0.373 e. The number of benzene rings is 1. The lowest BCUT2D eigenvalue weighted by atomic mass is 9.68. The third-order valence-corrected chi connectivity index (χ3v) is 9.27. The van der Waals surface area contributed by atoms with E-state index in [1.807, 2.05) is 0 Å². The second-order valence-corrected chi connectivity index (χ2v) is 11.7. The highest BCUT2D eigenvalue weighted by molar-refractivity contribution is 5.27. The summed E-state index contributed by atoms with van der Waals surface area (Å²) in [7, 11) is 0. The van der Waals surface area contributed by atoms with Crippen molar-refractivity contribution in [2.75, 3.05) is 6.61 Å². The molecule has 1 heterocycles. The van der Waals surface area contributed by atoms with Crippen molar-refractivity contribution >= 4 is 0 Å². The molecule has 3 fully saturated rings. The maximum Gasteiger partial charge on any atom is 0.412 e. The van der Waals surface area contributed by atoms with E-state index in [2.05, 4.69) is 31.2 Å². The lowest BCUT2D eigenvalue weighted by Gasteiger charge is -2.38. The van der Waals surface area contributed by atoms with Crippen molar-refractivity contribution in [1.82, 2.24) is 0 Å². The zero-order valence-corrected chi connectivity index (χ0v) is 21.9. The molecular weight excluding hydrogens is 464 g/mol. The van der Waals surface area contributed by atoms with Crippen LogP contribution in [-0.4, -0.2) is 12.8 Å². The maximum atomic E-state index is 13.9. The molecule has 2 aliphatic carbocycles. The van der Waals surface area contributed by atoms with E-state index < -0.39 is 17.9 Å². The third kappa shape index (κ3) is 7.82. The van der Waals surface area contributed by atoms with E-state index in [4.69, 9.17) is 4.74 Å². The zero-order chi connectivity index (χ0) is 25.5. The van der Waals surface area contributed by atoms with E-state index in [-0.39, 0.29) is 12.2 Å². The Bertz CT molecular complexity index is 806. The van der Waals surface area contributed by atoms with E-state index in [0.717, 1.165) is 31.8 Å². The Labute approximate surface area is 215 Å².